The second-order valence-corrected chi connectivity index (χ2v) is 9.08. The first kappa shape index (κ1) is 19.3. The monoisotopic (exact) mass is 380 g/mol. The molecule has 0 unspecified atom stereocenters. The molecule has 1 N–H and O–H groups in total. The van der Waals surface area contributed by atoms with Gasteiger partial charge in [-0.3, -0.25) is 4.79 Å². The number of nitrogens with zero attached hydrogens (tertiary/aromatic N) is 1. The summed E-state index contributed by atoms with van der Waals surface area (Å²) in [5, 5.41) is 2.94. The zero-order valence-electron chi connectivity index (χ0n) is 15.4. The number of ether oxygens (including phenoxy) is 1. The van der Waals surface area contributed by atoms with Crippen molar-refractivity contribution in [3.63, 3.8) is 0 Å². The predicted molar refractivity (Wildman–Crippen MR) is 101 cm³/mol. The lowest BCUT2D eigenvalue weighted by molar-refractivity contribution is -0.120. The number of morpholine rings is 1. The topological polar surface area (TPSA) is 75.7 Å². The van der Waals surface area contributed by atoms with Crippen LogP contribution in [0.5, 0.6) is 0 Å². The first-order chi connectivity index (χ1) is 12.5. The van der Waals surface area contributed by atoms with E-state index in [0.717, 1.165) is 25.7 Å². The normalized spacial score (nSPS) is 20.5. The largest absolute Gasteiger partial charge is 0.379 e. The van der Waals surface area contributed by atoms with Crippen LogP contribution in [0.15, 0.2) is 23.1 Å². The van der Waals surface area contributed by atoms with Crippen molar-refractivity contribution in [2.24, 2.45) is 5.92 Å². The van der Waals surface area contributed by atoms with E-state index in [1.165, 1.54) is 17.1 Å². The number of benzene rings is 1. The highest BCUT2D eigenvalue weighted by Crippen LogP contribution is 2.27. The molecule has 0 atom stereocenters. The molecule has 2 aliphatic rings. The van der Waals surface area contributed by atoms with E-state index in [2.05, 4.69) is 5.32 Å². The summed E-state index contributed by atoms with van der Waals surface area (Å²) in [5.41, 5.74) is 1.24. The van der Waals surface area contributed by atoms with Gasteiger partial charge in [-0.2, -0.15) is 4.31 Å². The van der Waals surface area contributed by atoms with Crippen LogP contribution in [0.1, 0.15) is 44.1 Å². The molecule has 1 aromatic rings. The van der Waals surface area contributed by atoms with Gasteiger partial charge in [-0.25, -0.2) is 8.42 Å². The third-order valence-corrected chi connectivity index (χ3v) is 7.31. The molecule has 1 saturated carbocycles. The highest BCUT2D eigenvalue weighted by atomic mass is 32.2. The van der Waals surface area contributed by atoms with Gasteiger partial charge in [-0.05, 0) is 37.5 Å². The van der Waals surface area contributed by atoms with Gasteiger partial charge in [0.05, 0.1) is 18.1 Å². The molecule has 7 heteroatoms. The second kappa shape index (κ2) is 8.50. The van der Waals surface area contributed by atoms with Gasteiger partial charge in [0.25, 0.3) is 0 Å². The molecule has 26 heavy (non-hydrogen) atoms. The molecule has 1 heterocycles. The molecule has 0 bridgehead atoms. The van der Waals surface area contributed by atoms with Crippen LogP contribution >= 0.6 is 0 Å². The highest BCUT2D eigenvalue weighted by Gasteiger charge is 2.28. The molecule has 0 spiro atoms. The zero-order valence-corrected chi connectivity index (χ0v) is 16.2. The minimum Gasteiger partial charge on any atom is -0.379 e. The number of hydrogen-bond acceptors (Lipinski definition) is 4. The molecule has 2 fully saturated rings. The van der Waals surface area contributed by atoms with Crippen LogP contribution < -0.4 is 5.32 Å². The van der Waals surface area contributed by atoms with E-state index in [1.54, 1.807) is 25.1 Å². The number of hydrogen-bond donors (Lipinski definition) is 1. The third kappa shape index (κ3) is 4.45. The van der Waals surface area contributed by atoms with Gasteiger partial charge >= 0.3 is 0 Å². The SMILES string of the molecule is Cc1ccc(NC(=O)C2CCCCCC2)cc1S(=O)(=O)N1CCOCC1. The van der Waals surface area contributed by atoms with Crippen molar-refractivity contribution >= 4 is 21.6 Å². The van der Waals surface area contributed by atoms with Crippen LogP contribution in [0.2, 0.25) is 0 Å². The summed E-state index contributed by atoms with van der Waals surface area (Å²) in [6, 6.07) is 5.13. The van der Waals surface area contributed by atoms with Crippen LogP contribution in [0.25, 0.3) is 0 Å². The molecule has 0 aromatic heterocycles. The lowest BCUT2D eigenvalue weighted by Crippen LogP contribution is -2.40. The Labute approximate surface area is 156 Å². The lowest BCUT2D eigenvalue weighted by Gasteiger charge is -2.27. The van der Waals surface area contributed by atoms with E-state index in [-0.39, 0.29) is 16.7 Å². The molecule has 144 valence electrons. The molecular weight excluding hydrogens is 352 g/mol. The average molecular weight is 381 g/mol. The van der Waals surface area contributed by atoms with Gasteiger partial charge in [-0.1, -0.05) is 31.7 Å². The second-order valence-electron chi connectivity index (χ2n) is 7.17. The summed E-state index contributed by atoms with van der Waals surface area (Å²) in [4.78, 5) is 12.8. The van der Waals surface area contributed by atoms with Crippen molar-refractivity contribution in [2.45, 2.75) is 50.3 Å². The molecule has 1 aliphatic carbocycles. The highest BCUT2D eigenvalue weighted by molar-refractivity contribution is 7.89. The standard InChI is InChI=1S/C19H28N2O4S/c1-15-8-9-17(20-19(22)16-6-4-2-3-5-7-16)14-18(15)26(23,24)21-10-12-25-13-11-21/h8-9,14,16H,2-7,10-13H2,1H3,(H,20,22). The molecule has 1 amide bonds. The van der Waals surface area contributed by atoms with E-state index < -0.39 is 10.0 Å². The van der Waals surface area contributed by atoms with Crippen molar-refractivity contribution in [1.82, 2.24) is 4.31 Å². The zero-order chi connectivity index (χ0) is 18.6. The van der Waals surface area contributed by atoms with E-state index in [0.29, 0.717) is 37.6 Å². The van der Waals surface area contributed by atoms with Gasteiger partial charge in [-0.15, -0.1) is 0 Å². The Morgan fingerprint density at radius 1 is 1.12 bits per heavy atom. The Balaban J connectivity index is 1.77. The summed E-state index contributed by atoms with van der Waals surface area (Å²) in [5.74, 6) is 0.0311. The van der Waals surface area contributed by atoms with Crippen LogP contribution in [-0.2, 0) is 19.6 Å². The molecule has 1 aliphatic heterocycles. The smallest absolute Gasteiger partial charge is 0.243 e. The van der Waals surface area contributed by atoms with Gasteiger partial charge in [0.15, 0.2) is 0 Å². The Morgan fingerprint density at radius 3 is 2.42 bits per heavy atom. The van der Waals surface area contributed by atoms with Gasteiger partial charge in [0, 0.05) is 24.7 Å². The maximum absolute atomic E-state index is 13.0. The third-order valence-electron chi connectivity index (χ3n) is 5.27. The summed E-state index contributed by atoms with van der Waals surface area (Å²) >= 11 is 0. The van der Waals surface area contributed by atoms with Crippen LogP contribution in [0.3, 0.4) is 0 Å². The van der Waals surface area contributed by atoms with Gasteiger partial charge in [0.2, 0.25) is 15.9 Å². The van der Waals surface area contributed by atoms with Crippen molar-refractivity contribution in [1.29, 1.82) is 0 Å². The van der Waals surface area contributed by atoms with Crippen molar-refractivity contribution < 1.29 is 17.9 Å². The molecule has 0 radical (unpaired) electrons. The summed E-state index contributed by atoms with van der Waals surface area (Å²) < 4.78 is 32.6. The van der Waals surface area contributed by atoms with E-state index in [9.17, 15) is 13.2 Å². The number of nitrogens with one attached hydrogen (secondary N) is 1. The van der Waals surface area contributed by atoms with E-state index in [1.807, 2.05) is 0 Å². The van der Waals surface area contributed by atoms with Crippen LogP contribution in [-0.4, -0.2) is 44.9 Å². The van der Waals surface area contributed by atoms with E-state index >= 15 is 0 Å². The number of rotatable bonds is 4. The van der Waals surface area contributed by atoms with Crippen molar-refractivity contribution in [2.75, 3.05) is 31.6 Å². The fourth-order valence-electron chi connectivity index (χ4n) is 3.67. The first-order valence-electron chi connectivity index (χ1n) is 9.48. The number of aryl methyl sites for hydroxylation is 1. The average Bonchev–Trinajstić information content (AvgIpc) is 2.93. The summed E-state index contributed by atoms with van der Waals surface area (Å²) in [7, 11) is -3.58. The molecular formula is C19H28N2O4S. The van der Waals surface area contributed by atoms with Crippen molar-refractivity contribution in [3.8, 4) is 0 Å². The molecule has 3 rings (SSSR count). The molecule has 1 aromatic carbocycles. The summed E-state index contributed by atoms with van der Waals surface area (Å²) in [6.07, 6.45) is 6.38. The predicted octanol–water partition coefficient (Wildman–Crippen LogP) is 2.92. The fraction of sp³-hybridized carbons (Fsp3) is 0.632. The first-order valence-corrected chi connectivity index (χ1v) is 10.9. The number of anilines is 1. The minimum atomic E-state index is -3.58. The van der Waals surface area contributed by atoms with Crippen LogP contribution in [0, 0.1) is 12.8 Å². The van der Waals surface area contributed by atoms with Gasteiger partial charge in [0.1, 0.15) is 0 Å². The number of carbonyl (C=O) groups excluding carboxylic acids is 1. The van der Waals surface area contributed by atoms with E-state index in [4.69, 9.17) is 4.74 Å². The van der Waals surface area contributed by atoms with Crippen LogP contribution in [0.4, 0.5) is 5.69 Å². The van der Waals surface area contributed by atoms with Crippen molar-refractivity contribution in [3.05, 3.63) is 23.8 Å². The number of sulfonamides is 1. The Kier molecular flexibility index (Phi) is 6.32. The summed E-state index contributed by atoms with van der Waals surface area (Å²) in [6.45, 7) is 3.33. The fourth-order valence-corrected chi connectivity index (χ4v) is 5.33. The number of amides is 1. The Bertz CT molecular complexity index is 734. The molecule has 1 saturated heterocycles. The maximum Gasteiger partial charge on any atom is 0.243 e. The quantitative estimate of drug-likeness (QED) is 0.815. The Morgan fingerprint density at radius 2 is 1.77 bits per heavy atom. The maximum atomic E-state index is 13.0. The van der Waals surface area contributed by atoms with Gasteiger partial charge < -0.3 is 10.1 Å². The lowest BCUT2D eigenvalue weighted by atomic mass is 9.99. The molecule has 6 nitrogen and oxygen atoms in total. The number of carbonyl (C=O) groups is 1. The Hall–Kier alpha value is -1.44. The minimum absolute atomic E-state index is 0.00507.